The molecule has 4 heterocycles. The van der Waals surface area contributed by atoms with Crippen LogP contribution in [0.15, 0.2) is 22.7 Å². The van der Waals surface area contributed by atoms with Crippen LogP contribution in [-0.4, -0.2) is 70.5 Å². The van der Waals surface area contributed by atoms with E-state index in [4.69, 9.17) is 28.6 Å². The molecule has 3 aromatic rings. The minimum Gasteiger partial charge on any atom is -0.454 e. The lowest BCUT2D eigenvalue weighted by Gasteiger charge is -2.25. The van der Waals surface area contributed by atoms with Crippen LogP contribution >= 0.6 is 0 Å². The molecule has 0 amide bonds. The van der Waals surface area contributed by atoms with E-state index in [-0.39, 0.29) is 30.8 Å². The minimum absolute atomic E-state index is 0.0239. The maximum atomic E-state index is 10.0. The van der Waals surface area contributed by atoms with Gasteiger partial charge in [-0.1, -0.05) is 6.92 Å². The van der Waals surface area contributed by atoms with Crippen LogP contribution in [0.5, 0.6) is 0 Å². The molecule has 0 spiro atoms. The van der Waals surface area contributed by atoms with Crippen molar-refractivity contribution >= 4 is 22.7 Å². The van der Waals surface area contributed by atoms with Crippen molar-refractivity contribution in [2.45, 2.75) is 71.5 Å². The number of nitrogens with zero attached hydrogens (tertiary/aromatic N) is 3. The summed E-state index contributed by atoms with van der Waals surface area (Å²) >= 11 is 0. The first-order chi connectivity index (χ1) is 17.8. The molecule has 10 heteroatoms. The number of aliphatic hydroxyl groups is 1. The molecule has 4 atom stereocenters. The molecular formula is C27H37N5O5. The van der Waals surface area contributed by atoms with E-state index in [1.807, 2.05) is 33.8 Å². The predicted molar refractivity (Wildman–Crippen MR) is 141 cm³/mol. The van der Waals surface area contributed by atoms with Crippen molar-refractivity contribution in [1.82, 2.24) is 15.0 Å². The first-order valence-electron chi connectivity index (χ1n) is 13.1. The molecule has 1 aliphatic heterocycles. The highest BCUT2D eigenvalue weighted by molar-refractivity contribution is 5.86. The van der Waals surface area contributed by atoms with E-state index in [9.17, 15) is 5.11 Å². The Morgan fingerprint density at radius 3 is 2.73 bits per heavy atom. The number of ether oxygens (including phenoxy) is 3. The summed E-state index contributed by atoms with van der Waals surface area (Å²) in [4.78, 5) is 14.0. The van der Waals surface area contributed by atoms with Crippen molar-refractivity contribution in [3.05, 3.63) is 29.7 Å². The highest BCUT2D eigenvalue weighted by Gasteiger charge is 2.54. The normalized spacial score (nSPS) is 24.5. The van der Waals surface area contributed by atoms with Gasteiger partial charge in [0.2, 0.25) is 5.95 Å². The Morgan fingerprint density at radius 2 is 1.97 bits per heavy atom. The molecule has 0 bridgehead atoms. The maximum absolute atomic E-state index is 10.0. The molecule has 1 saturated heterocycles. The maximum Gasteiger partial charge on any atom is 0.224 e. The third-order valence-electron chi connectivity index (χ3n) is 7.03. The minimum atomic E-state index is -0.706. The van der Waals surface area contributed by atoms with Gasteiger partial charge in [0.15, 0.2) is 11.4 Å². The van der Waals surface area contributed by atoms with Crippen molar-refractivity contribution in [2.24, 2.45) is 5.92 Å². The number of rotatable bonds is 10. The lowest BCUT2D eigenvalue weighted by atomic mass is 10.1. The van der Waals surface area contributed by atoms with Crippen molar-refractivity contribution in [3.8, 4) is 11.3 Å². The molecule has 5 rings (SSSR count). The molecule has 3 aromatic heterocycles. The zero-order valence-corrected chi connectivity index (χ0v) is 22.2. The molecule has 2 fully saturated rings. The molecule has 3 N–H and O–H groups in total. The van der Waals surface area contributed by atoms with E-state index in [0.29, 0.717) is 49.3 Å². The number of anilines is 2. The van der Waals surface area contributed by atoms with Gasteiger partial charge in [-0.3, -0.25) is 4.98 Å². The van der Waals surface area contributed by atoms with Crippen LogP contribution in [0.1, 0.15) is 45.5 Å². The second kappa shape index (κ2) is 10.5. The van der Waals surface area contributed by atoms with Gasteiger partial charge in [-0.2, -0.15) is 4.98 Å². The highest BCUT2D eigenvalue weighted by Crippen LogP contribution is 2.43. The molecule has 1 saturated carbocycles. The first kappa shape index (κ1) is 25.8. The second-order valence-corrected chi connectivity index (χ2v) is 10.2. The van der Waals surface area contributed by atoms with Gasteiger partial charge in [0.1, 0.15) is 17.7 Å². The van der Waals surface area contributed by atoms with Gasteiger partial charge in [-0.15, -0.1) is 0 Å². The molecular weight excluding hydrogens is 474 g/mol. The van der Waals surface area contributed by atoms with Crippen LogP contribution in [0.3, 0.4) is 0 Å². The fraction of sp³-hybridized carbons (Fsp3) is 0.593. The number of nitrogens with one attached hydrogen (secondary N) is 2. The summed E-state index contributed by atoms with van der Waals surface area (Å²) in [5.41, 5.74) is 3.28. The second-order valence-electron chi connectivity index (χ2n) is 10.2. The molecule has 37 heavy (non-hydrogen) atoms. The van der Waals surface area contributed by atoms with E-state index in [0.717, 1.165) is 28.8 Å². The standard InChI is InChI=1S/C27H37N5O5/c1-6-18-10-16-12-20(35-21(16)13-29-18)22-15(3)30-26(28-8-9-34-7-2)32-25(22)31-19-11-17(14-33)23-24(19)37-27(4,5)36-23/h10,12-13,17,19,23-24,33H,6-9,11,14H2,1-5H3,(H2,28,30,31,32)/t17-,19-,23-,24+/m1/s1. The smallest absolute Gasteiger partial charge is 0.224 e. The third-order valence-corrected chi connectivity index (χ3v) is 7.03. The van der Waals surface area contributed by atoms with Crippen LogP contribution in [0, 0.1) is 12.8 Å². The average molecular weight is 512 g/mol. The SMILES string of the molecule is CCOCCNc1nc(C)c(-c2cc3cc(CC)ncc3o2)c(N[C@@H]2C[C@H](CO)[C@H]3OC(C)(C)O[C@H]32)n1. The Balaban J connectivity index is 1.51. The zero-order chi connectivity index (χ0) is 26.2. The number of pyridine rings is 1. The van der Waals surface area contributed by atoms with E-state index in [1.165, 1.54) is 0 Å². The van der Waals surface area contributed by atoms with Crippen molar-refractivity contribution in [1.29, 1.82) is 0 Å². The van der Waals surface area contributed by atoms with Crippen molar-refractivity contribution in [2.75, 3.05) is 37.0 Å². The lowest BCUT2D eigenvalue weighted by Crippen LogP contribution is -2.35. The molecule has 200 valence electrons. The molecule has 1 aliphatic carbocycles. The third kappa shape index (κ3) is 5.29. The van der Waals surface area contributed by atoms with Crippen LogP contribution < -0.4 is 10.6 Å². The fourth-order valence-corrected chi connectivity index (χ4v) is 5.32. The summed E-state index contributed by atoms with van der Waals surface area (Å²) in [7, 11) is 0. The number of fused-ring (bicyclic) bond motifs is 2. The Morgan fingerprint density at radius 1 is 1.16 bits per heavy atom. The molecule has 0 radical (unpaired) electrons. The highest BCUT2D eigenvalue weighted by atomic mass is 16.8. The lowest BCUT2D eigenvalue weighted by molar-refractivity contribution is -0.158. The molecule has 0 unspecified atom stereocenters. The Bertz CT molecular complexity index is 1250. The quantitative estimate of drug-likeness (QED) is 0.345. The fourth-order valence-electron chi connectivity index (χ4n) is 5.32. The Kier molecular flexibility index (Phi) is 7.35. The van der Waals surface area contributed by atoms with Crippen LogP contribution in [0.25, 0.3) is 22.3 Å². The van der Waals surface area contributed by atoms with Gasteiger partial charge < -0.3 is 34.4 Å². The van der Waals surface area contributed by atoms with Crippen molar-refractivity contribution in [3.63, 3.8) is 0 Å². The summed E-state index contributed by atoms with van der Waals surface area (Å²) in [5, 5.41) is 17.9. The van der Waals surface area contributed by atoms with Gasteiger partial charge in [0.05, 0.1) is 36.2 Å². The summed E-state index contributed by atoms with van der Waals surface area (Å²) in [5.74, 6) is 1.09. The van der Waals surface area contributed by atoms with Gasteiger partial charge in [0.25, 0.3) is 0 Å². The summed E-state index contributed by atoms with van der Waals surface area (Å²) < 4.78 is 24.1. The number of aliphatic hydroxyl groups excluding tert-OH is 1. The number of aryl methyl sites for hydroxylation is 2. The van der Waals surface area contributed by atoms with Gasteiger partial charge in [-0.05, 0) is 52.7 Å². The topological polar surface area (TPSA) is 124 Å². The van der Waals surface area contributed by atoms with Crippen LogP contribution in [-0.2, 0) is 20.6 Å². The van der Waals surface area contributed by atoms with Gasteiger partial charge in [0, 0.05) is 36.8 Å². The van der Waals surface area contributed by atoms with Crippen LogP contribution in [0.2, 0.25) is 0 Å². The molecule has 0 aromatic carbocycles. The molecule has 2 aliphatic rings. The molecule has 10 nitrogen and oxygen atoms in total. The number of hydrogen-bond donors (Lipinski definition) is 3. The van der Waals surface area contributed by atoms with Gasteiger partial charge in [-0.25, -0.2) is 4.98 Å². The monoisotopic (exact) mass is 511 g/mol. The van der Waals surface area contributed by atoms with Crippen molar-refractivity contribution < 1.29 is 23.7 Å². The van der Waals surface area contributed by atoms with Crippen LogP contribution in [0.4, 0.5) is 11.8 Å². The Hall–Kier alpha value is -2.79. The number of furan rings is 1. The van der Waals surface area contributed by atoms with E-state index in [2.05, 4.69) is 28.6 Å². The number of hydrogen-bond acceptors (Lipinski definition) is 10. The summed E-state index contributed by atoms with van der Waals surface area (Å²) in [6, 6.07) is 3.96. The summed E-state index contributed by atoms with van der Waals surface area (Å²) in [6.45, 7) is 11.7. The van der Waals surface area contributed by atoms with Gasteiger partial charge >= 0.3 is 0 Å². The Labute approximate surface area is 217 Å². The average Bonchev–Trinajstić information content (AvgIpc) is 3.51. The van der Waals surface area contributed by atoms with E-state index in [1.54, 1.807) is 6.20 Å². The first-order valence-corrected chi connectivity index (χ1v) is 13.1. The zero-order valence-electron chi connectivity index (χ0n) is 22.2. The predicted octanol–water partition coefficient (Wildman–Crippen LogP) is 3.92. The van der Waals surface area contributed by atoms with E-state index < -0.39 is 5.79 Å². The number of aromatic nitrogens is 3. The largest absolute Gasteiger partial charge is 0.454 e. The summed E-state index contributed by atoms with van der Waals surface area (Å²) in [6.07, 6.45) is 2.92. The van der Waals surface area contributed by atoms with E-state index >= 15 is 0 Å².